The molecule has 148 valence electrons. The Morgan fingerprint density at radius 3 is 2.55 bits per heavy atom. The fourth-order valence-electron chi connectivity index (χ4n) is 2.47. The number of aryl methyl sites for hydroxylation is 1. The molecule has 2 aromatic heterocycles. The predicted octanol–water partition coefficient (Wildman–Crippen LogP) is 2.60. The van der Waals surface area contributed by atoms with E-state index in [0.717, 1.165) is 11.9 Å². The summed E-state index contributed by atoms with van der Waals surface area (Å²) in [6, 6.07) is 8.35. The Morgan fingerprint density at radius 1 is 1.14 bits per heavy atom. The van der Waals surface area contributed by atoms with Gasteiger partial charge < -0.3 is 10.1 Å². The molecule has 0 radical (unpaired) electrons. The van der Waals surface area contributed by atoms with Crippen LogP contribution in [0.1, 0.15) is 15.9 Å². The van der Waals surface area contributed by atoms with Crippen LogP contribution in [-0.2, 0) is 0 Å². The van der Waals surface area contributed by atoms with Gasteiger partial charge in [0.15, 0.2) is 0 Å². The van der Waals surface area contributed by atoms with Gasteiger partial charge in [0.2, 0.25) is 11.6 Å². The van der Waals surface area contributed by atoms with Crippen LogP contribution in [0.15, 0.2) is 49.1 Å². The third-order valence-corrected chi connectivity index (χ3v) is 3.85. The van der Waals surface area contributed by atoms with Gasteiger partial charge in [0.1, 0.15) is 12.1 Å². The van der Waals surface area contributed by atoms with Crippen LogP contribution in [0.25, 0.3) is 0 Å². The number of methoxy groups -OCH3 is 1. The van der Waals surface area contributed by atoms with Crippen LogP contribution in [0.3, 0.4) is 0 Å². The molecule has 0 spiro atoms. The molecule has 29 heavy (non-hydrogen) atoms. The summed E-state index contributed by atoms with van der Waals surface area (Å²) in [5, 5.41) is 14.6. The number of hydrazine groups is 1. The number of nitrogens with zero attached hydrogens (tertiary/aromatic N) is 4. The molecule has 2 heterocycles. The van der Waals surface area contributed by atoms with E-state index < -0.39 is 16.5 Å². The van der Waals surface area contributed by atoms with Gasteiger partial charge in [0, 0.05) is 18.0 Å². The Morgan fingerprint density at radius 2 is 1.86 bits per heavy atom. The molecule has 0 aliphatic rings. The van der Waals surface area contributed by atoms with Crippen molar-refractivity contribution in [1.29, 1.82) is 0 Å². The van der Waals surface area contributed by atoms with Crippen molar-refractivity contribution < 1.29 is 14.5 Å². The molecule has 1 aromatic carbocycles. The highest BCUT2D eigenvalue weighted by molar-refractivity contribution is 5.95. The second kappa shape index (κ2) is 8.61. The Labute approximate surface area is 165 Å². The molecule has 0 bridgehead atoms. The topological polar surface area (TPSA) is 144 Å². The summed E-state index contributed by atoms with van der Waals surface area (Å²) < 4.78 is 5.28. The number of hydrogen-bond acceptors (Lipinski definition) is 9. The van der Waals surface area contributed by atoms with Crippen molar-refractivity contribution in [1.82, 2.24) is 20.4 Å². The maximum Gasteiger partial charge on any atom is 0.355 e. The van der Waals surface area contributed by atoms with Crippen molar-refractivity contribution in [2.45, 2.75) is 6.92 Å². The zero-order valence-corrected chi connectivity index (χ0v) is 15.5. The van der Waals surface area contributed by atoms with Crippen molar-refractivity contribution in [2.75, 3.05) is 17.9 Å². The first-order chi connectivity index (χ1) is 14.0. The average molecular weight is 395 g/mol. The molecule has 0 fully saturated rings. The Hall–Kier alpha value is -4.28. The smallest absolute Gasteiger partial charge is 0.355 e. The van der Waals surface area contributed by atoms with Crippen molar-refractivity contribution in [3.05, 3.63) is 70.3 Å². The quantitative estimate of drug-likeness (QED) is 0.406. The van der Waals surface area contributed by atoms with Crippen molar-refractivity contribution >= 4 is 28.9 Å². The van der Waals surface area contributed by atoms with Crippen LogP contribution in [-0.4, -0.2) is 32.9 Å². The molecule has 0 saturated heterocycles. The van der Waals surface area contributed by atoms with Gasteiger partial charge in [-0.25, -0.2) is 9.97 Å². The molecule has 11 nitrogen and oxygen atoms in total. The summed E-state index contributed by atoms with van der Waals surface area (Å²) in [7, 11) is 1.49. The van der Waals surface area contributed by atoms with Crippen LogP contribution < -0.4 is 20.9 Å². The van der Waals surface area contributed by atoms with E-state index in [0.29, 0.717) is 17.0 Å². The van der Waals surface area contributed by atoms with Crippen LogP contribution in [0.4, 0.5) is 23.0 Å². The molecule has 0 unspecified atom stereocenters. The molecular formula is C18H17N7O4. The zero-order valence-electron chi connectivity index (χ0n) is 15.5. The standard InChI is InChI=1S/C18H17N7O4/c1-11-3-4-14(29-2)13(9-11)22-16-15(25(27)28)17(21-10-20-16)23-24-18(26)12-5-7-19-8-6-12/h3-10H,1-2H3,(H,24,26)(H2,20,21,22,23). The lowest BCUT2D eigenvalue weighted by Gasteiger charge is -2.13. The number of nitrogens with one attached hydrogen (secondary N) is 3. The van der Waals surface area contributed by atoms with Gasteiger partial charge >= 0.3 is 5.69 Å². The first-order valence-corrected chi connectivity index (χ1v) is 8.37. The molecule has 0 aliphatic carbocycles. The Kier molecular flexibility index (Phi) is 5.78. The molecule has 11 heteroatoms. The van der Waals surface area contributed by atoms with Gasteiger partial charge in [-0.15, -0.1) is 0 Å². The van der Waals surface area contributed by atoms with E-state index in [1.807, 2.05) is 13.0 Å². The van der Waals surface area contributed by atoms with Crippen molar-refractivity contribution in [3.63, 3.8) is 0 Å². The highest BCUT2D eigenvalue weighted by atomic mass is 16.6. The van der Waals surface area contributed by atoms with Crippen molar-refractivity contribution in [3.8, 4) is 5.75 Å². The number of nitro groups is 1. The van der Waals surface area contributed by atoms with Crippen LogP contribution in [0.5, 0.6) is 5.75 Å². The number of carbonyl (C=O) groups excluding carboxylic acids is 1. The van der Waals surface area contributed by atoms with Crippen LogP contribution in [0.2, 0.25) is 0 Å². The maximum atomic E-state index is 12.1. The lowest BCUT2D eigenvalue weighted by atomic mass is 10.2. The largest absolute Gasteiger partial charge is 0.495 e. The van der Waals surface area contributed by atoms with E-state index in [4.69, 9.17) is 4.74 Å². The first kappa shape index (κ1) is 19.5. The molecule has 0 saturated carbocycles. The highest BCUT2D eigenvalue weighted by Crippen LogP contribution is 2.34. The lowest BCUT2D eigenvalue weighted by Crippen LogP contribution is -2.30. The summed E-state index contributed by atoms with van der Waals surface area (Å²) in [4.78, 5) is 34.8. The van der Waals surface area contributed by atoms with E-state index >= 15 is 0 Å². The fourth-order valence-corrected chi connectivity index (χ4v) is 2.47. The first-order valence-electron chi connectivity index (χ1n) is 8.37. The molecule has 0 atom stereocenters. The maximum absolute atomic E-state index is 12.1. The van der Waals surface area contributed by atoms with E-state index in [1.165, 1.54) is 31.6 Å². The van der Waals surface area contributed by atoms with Gasteiger partial charge in [-0.05, 0) is 36.8 Å². The minimum absolute atomic E-state index is 0.0606. The second-order valence-electron chi connectivity index (χ2n) is 5.82. The number of rotatable bonds is 7. The summed E-state index contributed by atoms with van der Waals surface area (Å²) in [6.45, 7) is 1.88. The zero-order chi connectivity index (χ0) is 20.8. The third-order valence-electron chi connectivity index (χ3n) is 3.85. The number of benzene rings is 1. The molecule has 0 aliphatic heterocycles. The van der Waals surface area contributed by atoms with Gasteiger partial charge in [0.05, 0.1) is 17.7 Å². The van der Waals surface area contributed by atoms with Gasteiger partial charge in [-0.2, -0.15) is 0 Å². The second-order valence-corrected chi connectivity index (χ2v) is 5.82. The number of anilines is 3. The number of pyridine rings is 1. The van der Waals surface area contributed by atoms with Gasteiger partial charge in [-0.1, -0.05) is 6.07 Å². The minimum atomic E-state index is -0.647. The fraction of sp³-hybridized carbons (Fsp3) is 0.111. The average Bonchev–Trinajstić information content (AvgIpc) is 2.72. The summed E-state index contributed by atoms with van der Waals surface area (Å²) >= 11 is 0. The molecule has 3 N–H and O–H groups in total. The Balaban J connectivity index is 1.88. The summed E-state index contributed by atoms with van der Waals surface area (Å²) in [5.41, 5.74) is 6.16. The minimum Gasteiger partial charge on any atom is -0.495 e. The number of amides is 1. The molecule has 3 rings (SSSR count). The number of carbonyl (C=O) groups is 1. The van der Waals surface area contributed by atoms with Crippen LogP contribution >= 0.6 is 0 Å². The van der Waals surface area contributed by atoms with E-state index in [1.54, 1.807) is 12.1 Å². The highest BCUT2D eigenvalue weighted by Gasteiger charge is 2.24. The van der Waals surface area contributed by atoms with E-state index in [-0.39, 0.29) is 11.6 Å². The third kappa shape index (κ3) is 4.53. The monoisotopic (exact) mass is 395 g/mol. The Bertz CT molecular complexity index is 1040. The summed E-state index contributed by atoms with van der Waals surface area (Å²) in [6.07, 6.45) is 4.05. The number of ether oxygens (including phenoxy) is 1. The molecule has 1 amide bonds. The van der Waals surface area contributed by atoms with E-state index in [9.17, 15) is 14.9 Å². The SMILES string of the molecule is COc1ccc(C)cc1Nc1ncnc(NNC(=O)c2ccncc2)c1[N+](=O)[O-]. The summed E-state index contributed by atoms with van der Waals surface area (Å²) in [5.74, 6) is -0.254. The molecular weight excluding hydrogens is 378 g/mol. The number of hydrogen-bond donors (Lipinski definition) is 3. The molecule has 3 aromatic rings. The predicted molar refractivity (Wildman–Crippen MR) is 105 cm³/mol. The van der Waals surface area contributed by atoms with Crippen LogP contribution in [0, 0.1) is 17.0 Å². The number of aromatic nitrogens is 3. The van der Waals surface area contributed by atoms with Gasteiger partial charge in [-0.3, -0.25) is 30.7 Å². The normalized spacial score (nSPS) is 10.1. The van der Waals surface area contributed by atoms with Gasteiger partial charge in [0.25, 0.3) is 5.91 Å². The lowest BCUT2D eigenvalue weighted by molar-refractivity contribution is -0.383. The van der Waals surface area contributed by atoms with Crippen molar-refractivity contribution in [2.24, 2.45) is 0 Å². The van der Waals surface area contributed by atoms with E-state index in [2.05, 4.69) is 31.1 Å².